The third kappa shape index (κ3) is 5.45. The number of rotatable bonds is 6. The Morgan fingerprint density at radius 2 is 2.12 bits per heavy atom. The fourth-order valence-corrected chi connectivity index (χ4v) is 1.76. The van der Waals surface area contributed by atoms with Crippen LogP contribution in [-0.2, 0) is 14.5 Å². The zero-order chi connectivity index (χ0) is 12.7. The van der Waals surface area contributed by atoms with Gasteiger partial charge in [0, 0.05) is 13.1 Å². The molecule has 1 saturated heterocycles. The zero-order valence-corrected chi connectivity index (χ0v) is 9.54. The molecule has 8 nitrogen and oxygen atoms in total. The maximum atomic E-state index is 10.9. The van der Waals surface area contributed by atoms with Crippen LogP contribution in [0.15, 0.2) is 0 Å². The van der Waals surface area contributed by atoms with Crippen molar-refractivity contribution in [1.29, 1.82) is 0 Å². The first kappa shape index (κ1) is 13.7. The highest BCUT2D eigenvalue weighted by Crippen LogP contribution is 2.20. The summed E-state index contributed by atoms with van der Waals surface area (Å²) in [7, 11) is 0. The Morgan fingerprint density at radius 1 is 1.47 bits per heavy atom. The molecule has 0 aromatic heterocycles. The highest BCUT2D eigenvalue weighted by molar-refractivity contribution is 5.70. The number of nitrogens with two attached hydrogens (primary N) is 1. The molecule has 8 heteroatoms. The molecule has 0 aliphatic carbocycles. The van der Waals surface area contributed by atoms with Crippen LogP contribution in [0, 0.1) is 16.0 Å². The Balaban J connectivity index is 2.13. The van der Waals surface area contributed by atoms with Gasteiger partial charge in [0.2, 0.25) is 0 Å². The molecule has 0 spiro atoms. The summed E-state index contributed by atoms with van der Waals surface area (Å²) >= 11 is 0. The van der Waals surface area contributed by atoms with Gasteiger partial charge in [0.25, 0.3) is 5.09 Å². The summed E-state index contributed by atoms with van der Waals surface area (Å²) in [5.74, 6) is -0.0667. The van der Waals surface area contributed by atoms with Crippen LogP contribution < -0.4 is 5.73 Å². The first-order valence-electron chi connectivity index (χ1n) is 5.55. The van der Waals surface area contributed by atoms with E-state index >= 15 is 0 Å². The molecule has 0 amide bonds. The molecule has 0 atom stereocenters. The van der Waals surface area contributed by atoms with Crippen molar-refractivity contribution >= 4 is 5.97 Å². The summed E-state index contributed by atoms with van der Waals surface area (Å²) in [6, 6.07) is 0. The number of piperidine rings is 1. The second-order valence-corrected chi connectivity index (χ2v) is 3.89. The zero-order valence-electron chi connectivity index (χ0n) is 9.54. The second kappa shape index (κ2) is 7.02. The second-order valence-electron chi connectivity index (χ2n) is 3.89. The molecule has 2 N–H and O–H groups in total. The predicted molar refractivity (Wildman–Crippen MR) is 57.0 cm³/mol. The van der Waals surface area contributed by atoms with Crippen molar-refractivity contribution < 1.29 is 19.6 Å². The molecule has 0 aromatic carbocycles. The van der Waals surface area contributed by atoms with Gasteiger partial charge in [0.1, 0.15) is 0 Å². The van der Waals surface area contributed by atoms with Gasteiger partial charge < -0.3 is 15.4 Å². The van der Waals surface area contributed by atoms with Crippen LogP contribution in [0.1, 0.15) is 19.3 Å². The van der Waals surface area contributed by atoms with Crippen LogP contribution in [0.4, 0.5) is 0 Å². The molecule has 1 fully saturated rings. The molecule has 98 valence electrons. The number of hydroxylamine groups is 2. The highest BCUT2D eigenvalue weighted by Gasteiger charge is 2.21. The predicted octanol–water partition coefficient (Wildman–Crippen LogP) is -0.286. The molecule has 17 heavy (non-hydrogen) atoms. The van der Waals surface area contributed by atoms with Crippen LogP contribution in [0.5, 0.6) is 0 Å². The lowest BCUT2D eigenvalue weighted by atomic mass is 9.95. The number of hydrogen-bond donors (Lipinski definition) is 1. The molecular formula is C9H17N3O5. The molecule has 0 bridgehead atoms. The topological polar surface area (TPSA) is 108 Å². The monoisotopic (exact) mass is 247 g/mol. The number of nitrogens with zero attached hydrogens (tertiary/aromatic N) is 2. The smallest absolute Gasteiger partial charge is 0.338 e. The van der Waals surface area contributed by atoms with E-state index < -0.39 is 11.1 Å². The van der Waals surface area contributed by atoms with Crippen LogP contribution >= 0.6 is 0 Å². The van der Waals surface area contributed by atoms with Gasteiger partial charge in [0.05, 0.1) is 13.2 Å². The first-order chi connectivity index (χ1) is 8.11. The Bertz CT molecular complexity index is 265. The van der Waals surface area contributed by atoms with Crippen LogP contribution in [0.25, 0.3) is 0 Å². The van der Waals surface area contributed by atoms with E-state index in [0.29, 0.717) is 25.4 Å². The molecule has 1 aliphatic rings. The average Bonchev–Trinajstić information content (AvgIpc) is 2.31. The molecular weight excluding hydrogens is 230 g/mol. The third-order valence-electron chi connectivity index (χ3n) is 2.69. The lowest BCUT2D eigenvalue weighted by Gasteiger charge is -2.30. The fourth-order valence-electron chi connectivity index (χ4n) is 1.76. The van der Waals surface area contributed by atoms with E-state index in [1.807, 2.05) is 0 Å². The lowest BCUT2D eigenvalue weighted by molar-refractivity contribution is -0.758. The SMILES string of the molecule is NCC(=O)ON1CCC(CCO[N+](=O)[O-])CC1. The van der Waals surface area contributed by atoms with Gasteiger partial charge >= 0.3 is 5.97 Å². The molecule has 0 aromatic rings. The largest absolute Gasteiger partial charge is 0.367 e. The van der Waals surface area contributed by atoms with Gasteiger partial charge in [0.15, 0.2) is 0 Å². The molecule has 1 rings (SSSR count). The third-order valence-corrected chi connectivity index (χ3v) is 2.69. The maximum Gasteiger partial charge on any atom is 0.338 e. The van der Waals surface area contributed by atoms with Gasteiger partial charge in [-0.3, -0.25) is 0 Å². The maximum absolute atomic E-state index is 10.9. The van der Waals surface area contributed by atoms with Crippen molar-refractivity contribution in [3.63, 3.8) is 0 Å². The summed E-state index contributed by atoms with van der Waals surface area (Å²) in [5.41, 5.74) is 5.13. The Hall–Kier alpha value is -1.41. The van der Waals surface area contributed by atoms with Gasteiger partial charge in [-0.05, 0) is 25.2 Å². The summed E-state index contributed by atoms with van der Waals surface area (Å²) in [5, 5.41) is 10.8. The number of carbonyl (C=O) groups is 1. The minimum Gasteiger partial charge on any atom is -0.367 e. The summed E-state index contributed by atoms with van der Waals surface area (Å²) in [6.45, 7) is 1.26. The Kier molecular flexibility index (Phi) is 5.64. The first-order valence-corrected chi connectivity index (χ1v) is 5.55. The van der Waals surface area contributed by atoms with Crippen molar-refractivity contribution in [3.8, 4) is 0 Å². The molecule has 0 saturated carbocycles. The minimum atomic E-state index is -0.780. The van der Waals surface area contributed by atoms with Crippen LogP contribution in [-0.4, -0.2) is 42.4 Å². The van der Waals surface area contributed by atoms with Gasteiger partial charge in [-0.15, -0.1) is 15.2 Å². The van der Waals surface area contributed by atoms with Gasteiger partial charge in [-0.1, -0.05) is 0 Å². The molecule has 1 aliphatic heterocycles. The Morgan fingerprint density at radius 3 is 2.65 bits per heavy atom. The van der Waals surface area contributed by atoms with E-state index in [1.165, 1.54) is 0 Å². The Labute approximate surface area is 98.7 Å². The summed E-state index contributed by atoms with van der Waals surface area (Å²) < 4.78 is 0. The standard InChI is InChI=1S/C9H17N3O5/c10-7-9(13)17-11-4-1-8(2-5-11)3-6-16-12(14)15/h8H,1-7,10H2. The van der Waals surface area contributed by atoms with Crippen molar-refractivity contribution in [2.75, 3.05) is 26.2 Å². The van der Waals surface area contributed by atoms with Crippen molar-refractivity contribution in [2.45, 2.75) is 19.3 Å². The van der Waals surface area contributed by atoms with E-state index in [9.17, 15) is 14.9 Å². The highest BCUT2D eigenvalue weighted by atomic mass is 16.9. The van der Waals surface area contributed by atoms with Gasteiger partial charge in [-0.2, -0.15) is 0 Å². The fraction of sp³-hybridized carbons (Fsp3) is 0.889. The van der Waals surface area contributed by atoms with Crippen molar-refractivity contribution in [1.82, 2.24) is 5.06 Å². The molecule has 1 heterocycles. The quantitative estimate of drug-likeness (QED) is 0.507. The van der Waals surface area contributed by atoms with E-state index in [0.717, 1.165) is 12.8 Å². The van der Waals surface area contributed by atoms with Crippen LogP contribution in [0.3, 0.4) is 0 Å². The number of hydrogen-bond acceptors (Lipinski definition) is 7. The van der Waals surface area contributed by atoms with E-state index in [1.54, 1.807) is 5.06 Å². The van der Waals surface area contributed by atoms with Crippen molar-refractivity contribution in [3.05, 3.63) is 10.1 Å². The minimum absolute atomic E-state index is 0.125. The summed E-state index contributed by atoms with van der Waals surface area (Å²) in [6.07, 6.45) is 2.32. The van der Waals surface area contributed by atoms with Crippen LogP contribution in [0.2, 0.25) is 0 Å². The lowest BCUT2D eigenvalue weighted by Crippen LogP contribution is -2.37. The average molecular weight is 247 g/mol. The summed E-state index contributed by atoms with van der Waals surface area (Å²) in [4.78, 5) is 30.1. The van der Waals surface area contributed by atoms with E-state index in [-0.39, 0.29) is 13.2 Å². The number of carbonyl (C=O) groups excluding carboxylic acids is 1. The van der Waals surface area contributed by atoms with E-state index in [2.05, 4.69) is 4.84 Å². The van der Waals surface area contributed by atoms with Gasteiger partial charge in [-0.25, -0.2) is 4.79 Å². The molecule has 0 unspecified atom stereocenters. The molecule has 0 radical (unpaired) electrons. The van der Waals surface area contributed by atoms with Crippen molar-refractivity contribution in [2.24, 2.45) is 11.7 Å². The normalized spacial score (nSPS) is 17.7. The van der Waals surface area contributed by atoms with E-state index in [4.69, 9.17) is 10.6 Å².